The molecule has 4 nitrogen and oxygen atoms in total. The SMILES string of the molecule is CCc1cc(CC(CO)(CO)c2cccc(Cl)c2)n(C)n1. The fourth-order valence-electron chi connectivity index (χ4n) is 2.52. The third-order valence-corrected chi connectivity index (χ3v) is 4.19. The Kier molecular flexibility index (Phi) is 5.04. The Morgan fingerprint density at radius 1 is 1.24 bits per heavy atom. The molecule has 114 valence electrons. The fourth-order valence-corrected chi connectivity index (χ4v) is 2.71. The molecule has 0 spiro atoms. The molecule has 0 unspecified atom stereocenters. The van der Waals surface area contributed by atoms with Crippen LogP contribution in [0.25, 0.3) is 0 Å². The lowest BCUT2D eigenvalue weighted by Crippen LogP contribution is -2.38. The van der Waals surface area contributed by atoms with E-state index in [0.717, 1.165) is 23.4 Å². The van der Waals surface area contributed by atoms with Crippen molar-refractivity contribution in [1.82, 2.24) is 9.78 Å². The van der Waals surface area contributed by atoms with E-state index in [1.165, 1.54) is 0 Å². The molecular weight excluding hydrogens is 288 g/mol. The van der Waals surface area contributed by atoms with Crippen LogP contribution in [0.2, 0.25) is 5.02 Å². The highest BCUT2D eigenvalue weighted by Gasteiger charge is 2.32. The van der Waals surface area contributed by atoms with E-state index in [1.54, 1.807) is 12.1 Å². The largest absolute Gasteiger partial charge is 0.395 e. The van der Waals surface area contributed by atoms with Crippen molar-refractivity contribution in [3.63, 3.8) is 0 Å². The van der Waals surface area contributed by atoms with Crippen molar-refractivity contribution in [2.24, 2.45) is 7.05 Å². The zero-order chi connectivity index (χ0) is 15.5. The van der Waals surface area contributed by atoms with Gasteiger partial charge in [-0.05, 0) is 30.2 Å². The Balaban J connectivity index is 2.40. The number of aromatic nitrogens is 2. The molecule has 0 aliphatic rings. The molecule has 2 rings (SSSR count). The van der Waals surface area contributed by atoms with Crippen LogP contribution in [0.15, 0.2) is 30.3 Å². The number of halogens is 1. The molecule has 0 fully saturated rings. The molecule has 1 heterocycles. The average molecular weight is 309 g/mol. The van der Waals surface area contributed by atoms with E-state index in [9.17, 15) is 10.2 Å². The minimum Gasteiger partial charge on any atom is -0.395 e. The van der Waals surface area contributed by atoms with Crippen molar-refractivity contribution in [1.29, 1.82) is 0 Å². The Bertz CT molecular complexity index is 606. The van der Waals surface area contributed by atoms with Crippen molar-refractivity contribution in [3.05, 3.63) is 52.3 Å². The first kappa shape index (κ1) is 16.0. The van der Waals surface area contributed by atoms with E-state index in [-0.39, 0.29) is 13.2 Å². The summed E-state index contributed by atoms with van der Waals surface area (Å²) in [6.45, 7) is 1.74. The lowest BCUT2D eigenvalue weighted by atomic mass is 9.78. The number of hydrogen-bond acceptors (Lipinski definition) is 3. The number of aliphatic hydroxyl groups is 2. The van der Waals surface area contributed by atoms with Crippen molar-refractivity contribution < 1.29 is 10.2 Å². The summed E-state index contributed by atoms with van der Waals surface area (Å²) in [6.07, 6.45) is 1.36. The molecule has 0 radical (unpaired) electrons. The summed E-state index contributed by atoms with van der Waals surface area (Å²) in [5.41, 5.74) is 2.06. The summed E-state index contributed by atoms with van der Waals surface area (Å²) in [6, 6.07) is 9.31. The molecule has 21 heavy (non-hydrogen) atoms. The maximum atomic E-state index is 9.90. The smallest absolute Gasteiger partial charge is 0.0624 e. The molecule has 1 aromatic carbocycles. The van der Waals surface area contributed by atoms with Crippen LogP contribution in [-0.4, -0.2) is 33.2 Å². The summed E-state index contributed by atoms with van der Waals surface area (Å²) in [5, 5.41) is 24.8. The molecule has 5 heteroatoms. The monoisotopic (exact) mass is 308 g/mol. The summed E-state index contributed by atoms with van der Waals surface area (Å²) in [5.74, 6) is 0. The standard InChI is InChI=1S/C16H21ClN2O2/c1-3-14-8-15(19(2)18-14)9-16(10-20,11-21)12-5-4-6-13(17)7-12/h4-8,20-21H,3,9-11H2,1-2H3. The van der Waals surface area contributed by atoms with Crippen molar-refractivity contribution in [3.8, 4) is 0 Å². The molecule has 0 bridgehead atoms. The maximum absolute atomic E-state index is 9.90. The van der Waals surface area contributed by atoms with Crippen LogP contribution in [0.3, 0.4) is 0 Å². The topological polar surface area (TPSA) is 58.3 Å². The lowest BCUT2D eigenvalue weighted by Gasteiger charge is -2.30. The van der Waals surface area contributed by atoms with Gasteiger partial charge >= 0.3 is 0 Å². The zero-order valence-corrected chi connectivity index (χ0v) is 13.1. The first-order chi connectivity index (χ1) is 10.0. The van der Waals surface area contributed by atoms with E-state index in [0.29, 0.717) is 11.4 Å². The predicted octanol–water partition coefficient (Wildman–Crippen LogP) is 2.10. The lowest BCUT2D eigenvalue weighted by molar-refractivity contribution is 0.114. The van der Waals surface area contributed by atoms with Crippen molar-refractivity contribution in [2.75, 3.05) is 13.2 Å². The molecule has 0 aliphatic carbocycles. The van der Waals surface area contributed by atoms with Gasteiger partial charge < -0.3 is 10.2 Å². The minimum absolute atomic E-state index is 0.156. The van der Waals surface area contributed by atoms with Gasteiger partial charge in [0.25, 0.3) is 0 Å². The number of benzene rings is 1. The van der Waals surface area contributed by atoms with Crippen LogP contribution < -0.4 is 0 Å². The summed E-state index contributed by atoms with van der Waals surface area (Å²) >= 11 is 6.04. The predicted molar refractivity (Wildman–Crippen MR) is 83.6 cm³/mol. The van der Waals surface area contributed by atoms with Crippen molar-refractivity contribution in [2.45, 2.75) is 25.2 Å². The van der Waals surface area contributed by atoms with E-state index in [2.05, 4.69) is 12.0 Å². The van der Waals surface area contributed by atoms with E-state index < -0.39 is 5.41 Å². The van der Waals surface area contributed by atoms with Gasteiger partial charge in [-0.25, -0.2) is 0 Å². The van der Waals surface area contributed by atoms with Crippen LogP contribution in [-0.2, 0) is 25.3 Å². The highest BCUT2D eigenvalue weighted by atomic mass is 35.5. The highest BCUT2D eigenvalue weighted by molar-refractivity contribution is 6.30. The molecule has 2 aromatic rings. The Morgan fingerprint density at radius 2 is 1.95 bits per heavy atom. The molecule has 2 N–H and O–H groups in total. The van der Waals surface area contributed by atoms with E-state index in [1.807, 2.05) is 29.9 Å². The summed E-state index contributed by atoms with van der Waals surface area (Å²) < 4.78 is 1.81. The third-order valence-electron chi connectivity index (χ3n) is 3.95. The third kappa shape index (κ3) is 3.28. The normalized spacial score (nSPS) is 11.9. The zero-order valence-electron chi connectivity index (χ0n) is 12.4. The Labute approximate surface area is 130 Å². The van der Waals surface area contributed by atoms with E-state index in [4.69, 9.17) is 11.6 Å². The molecule has 1 aromatic heterocycles. The maximum Gasteiger partial charge on any atom is 0.0624 e. The Morgan fingerprint density at radius 3 is 2.48 bits per heavy atom. The second kappa shape index (κ2) is 6.60. The van der Waals surface area contributed by atoms with Gasteiger partial charge in [-0.1, -0.05) is 30.7 Å². The van der Waals surface area contributed by atoms with Crippen LogP contribution in [0.1, 0.15) is 23.9 Å². The number of hydrogen-bond donors (Lipinski definition) is 2. The molecular formula is C16H21ClN2O2. The van der Waals surface area contributed by atoms with Gasteiger partial charge in [-0.3, -0.25) is 4.68 Å². The van der Waals surface area contributed by atoms with Crippen LogP contribution in [0, 0.1) is 0 Å². The average Bonchev–Trinajstić information content (AvgIpc) is 2.85. The number of aryl methyl sites for hydroxylation is 2. The second-order valence-corrected chi connectivity index (χ2v) is 5.82. The number of aliphatic hydroxyl groups excluding tert-OH is 2. The van der Waals surface area contributed by atoms with Crippen LogP contribution >= 0.6 is 11.6 Å². The summed E-state index contributed by atoms with van der Waals surface area (Å²) in [4.78, 5) is 0. The number of rotatable bonds is 6. The van der Waals surface area contributed by atoms with Crippen LogP contribution in [0.4, 0.5) is 0 Å². The van der Waals surface area contributed by atoms with Crippen molar-refractivity contribution >= 4 is 11.6 Å². The first-order valence-corrected chi connectivity index (χ1v) is 7.42. The summed E-state index contributed by atoms with van der Waals surface area (Å²) in [7, 11) is 1.88. The number of nitrogens with zero attached hydrogens (tertiary/aromatic N) is 2. The Hall–Kier alpha value is -1.36. The van der Waals surface area contributed by atoms with Gasteiger partial charge in [0.1, 0.15) is 0 Å². The van der Waals surface area contributed by atoms with Crippen LogP contribution in [0.5, 0.6) is 0 Å². The minimum atomic E-state index is -0.760. The second-order valence-electron chi connectivity index (χ2n) is 5.39. The quantitative estimate of drug-likeness (QED) is 0.859. The highest BCUT2D eigenvalue weighted by Crippen LogP contribution is 2.30. The van der Waals surface area contributed by atoms with Gasteiger partial charge in [-0.2, -0.15) is 5.10 Å². The molecule has 0 atom stereocenters. The van der Waals surface area contributed by atoms with Gasteiger partial charge in [0.2, 0.25) is 0 Å². The molecule has 0 aliphatic heterocycles. The van der Waals surface area contributed by atoms with Gasteiger partial charge in [0, 0.05) is 29.6 Å². The van der Waals surface area contributed by atoms with E-state index >= 15 is 0 Å². The fraction of sp³-hybridized carbons (Fsp3) is 0.438. The first-order valence-electron chi connectivity index (χ1n) is 7.04. The van der Waals surface area contributed by atoms with Gasteiger partial charge in [-0.15, -0.1) is 0 Å². The molecule has 0 saturated heterocycles. The molecule has 0 saturated carbocycles. The van der Waals surface area contributed by atoms with Gasteiger partial charge in [0.05, 0.1) is 18.9 Å². The molecule has 0 amide bonds. The van der Waals surface area contributed by atoms with Gasteiger partial charge in [0.15, 0.2) is 0 Å².